The van der Waals surface area contributed by atoms with Gasteiger partial charge < -0.3 is 20.5 Å². The first-order valence-corrected chi connectivity index (χ1v) is 9.54. The van der Waals surface area contributed by atoms with Crippen LogP contribution < -0.4 is 10.6 Å². The molecule has 1 aromatic carbocycles. The minimum absolute atomic E-state index is 0.111. The number of aliphatic hydroxyl groups is 1. The van der Waals surface area contributed by atoms with E-state index in [4.69, 9.17) is 4.74 Å². The molecule has 0 bridgehead atoms. The fraction of sp³-hybridized carbons (Fsp3) is 0.650. The van der Waals surface area contributed by atoms with E-state index in [-0.39, 0.29) is 6.10 Å². The molecule has 1 aliphatic carbocycles. The number of aliphatic imine (C=N–C) groups is 1. The standard InChI is InChI=1S/C20H33N3O2/c1-3-21-19(23-16-20(24)12-7-8-13-20)22-14-9-15-25-17(2)18-10-5-4-6-11-18/h4-6,10-11,17,24H,3,7-9,12-16H2,1-2H3,(H2,21,22,23). The monoisotopic (exact) mass is 347 g/mol. The number of hydrogen-bond acceptors (Lipinski definition) is 3. The fourth-order valence-corrected chi connectivity index (χ4v) is 3.12. The molecule has 1 unspecified atom stereocenters. The molecule has 0 aromatic heterocycles. The number of ether oxygens (including phenoxy) is 1. The Kier molecular flexibility index (Phi) is 8.22. The zero-order valence-electron chi connectivity index (χ0n) is 15.6. The van der Waals surface area contributed by atoms with E-state index in [0.29, 0.717) is 13.2 Å². The molecule has 0 spiro atoms. The lowest BCUT2D eigenvalue weighted by atomic mass is 10.0. The first kappa shape index (κ1) is 19.7. The van der Waals surface area contributed by atoms with E-state index in [0.717, 1.165) is 51.2 Å². The highest BCUT2D eigenvalue weighted by atomic mass is 16.5. The predicted molar refractivity (Wildman–Crippen MR) is 103 cm³/mol. The van der Waals surface area contributed by atoms with E-state index < -0.39 is 5.60 Å². The summed E-state index contributed by atoms with van der Waals surface area (Å²) in [6, 6.07) is 10.3. The van der Waals surface area contributed by atoms with Gasteiger partial charge in [-0.25, -0.2) is 0 Å². The average molecular weight is 348 g/mol. The van der Waals surface area contributed by atoms with Gasteiger partial charge in [0.2, 0.25) is 0 Å². The summed E-state index contributed by atoms with van der Waals surface area (Å²) in [7, 11) is 0. The molecule has 3 N–H and O–H groups in total. The molecule has 1 fully saturated rings. The predicted octanol–water partition coefficient (Wildman–Crippen LogP) is 3.01. The van der Waals surface area contributed by atoms with Crippen molar-refractivity contribution in [3.8, 4) is 0 Å². The molecule has 0 saturated heterocycles. The molecule has 1 aromatic rings. The second-order valence-electron chi connectivity index (χ2n) is 6.83. The number of benzene rings is 1. The molecule has 2 rings (SSSR count). The van der Waals surface area contributed by atoms with Crippen LogP contribution in [0.4, 0.5) is 0 Å². The minimum atomic E-state index is -0.601. The summed E-state index contributed by atoms with van der Waals surface area (Å²) in [5, 5.41) is 17.0. The van der Waals surface area contributed by atoms with Crippen LogP contribution in [0, 0.1) is 0 Å². The van der Waals surface area contributed by atoms with Crippen LogP contribution in [0.1, 0.15) is 57.6 Å². The van der Waals surface area contributed by atoms with Crippen LogP contribution in [0.2, 0.25) is 0 Å². The van der Waals surface area contributed by atoms with Crippen molar-refractivity contribution >= 4 is 5.96 Å². The Morgan fingerprint density at radius 1 is 1.24 bits per heavy atom. The molecule has 0 aliphatic heterocycles. The van der Waals surface area contributed by atoms with Crippen molar-refractivity contribution in [2.24, 2.45) is 4.99 Å². The lowest BCUT2D eigenvalue weighted by Gasteiger charge is -2.20. The van der Waals surface area contributed by atoms with Crippen LogP contribution in [-0.2, 0) is 4.74 Å². The van der Waals surface area contributed by atoms with E-state index in [2.05, 4.69) is 34.7 Å². The maximum absolute atomic E-state index is 10.4. The molecule has 25 heavy (non-hydrogen) atoms. The van der Waals surface area contributed by atoms with Gasteiger partial charge in [0.05, 0.1) is 18.2 Å². The Hall–Kier alpha value is -1.59. The zero-order chi connectivity index (χ0) is 18.0. The van der Waals surface area contributed by atoms with Gasteiger partial charge in [0.1, 0.15) is 0 Å². The van der Waals surface area contributed by atoms with Gasteiger partial charge in [0.15, 0.2) is 5.96 Å². The molecular weight excluding hydrogens is 314 g/mol. The largest absolute Gasteiger partial charge is 0.388 e. The first-order valence-electron chi connectivity index (χ1n) is 9.54. The van der Waals surface area contributed by atoms with Crippen LogP contribution in [0.3, 0.4) is 0 Å². The summed E-state index contributed by atoms with van der Waals surface area (Å²) in [4.78, 5) is 4.55. The molecule has 0 radical (unpaired) electrons. The number of rotatable bonds is 9. The second-order valence-corrected chi connectivity index (χ2v) is 6.83. The maximum atomic E-state index is 10.4. The normalized spacial score (nSPS) is 18.1. The van der Waals surface area contributed by atoms with Crippen molar-refractivity contribution in [2.45, 2.75) is 57.7 Å². The van der Waals surface area contributed by atoms with Crippen LogP contribution in [0.25, 0.3) is 0 Å². The van der Waals surface area contributed by atoms with Gasteiger partial charge in [0.25, 0.3) is 0 Å². The second kappa shape index (κ2) is 10.4. The van der Waals surface area contributed by atoms with E-state index in [1.807, 2.05) is 25.1 Å². The van der Waals surface area contributed by atoms with Gasteiger partial charge in [-0.05, 0) is 38.7 Å². The summed E-state index contributed by atoms with van der Waals surface area (Å²) in [6.45, 7) is 6.91. The summed E-state index contributed by atoms with van der Waals surface area (Å²) in [5.74, 6) is 0.777. The molecule has 0 amide bonds. The van der Waals surface area contributed by atoms with Gasteiger partial charge in [-0.3, -0.25) is 4.99 Å². The lowest BCUT2D eigenvalue weighted by Crippen LogP contribution is -2.40. The Morgan fingerprint density at radius 3 is 2.64 bits per heavy atom. The number of nitrogens with zero attached hydrogens (tertiary/aromatic N) is 1. The summed E-state index contributed by atoms with van der Waals surface area (Å²) >= 11 is 0. The number of hydrogen-bond donors (Lipinski definition) is 3. The molecule has 5 nitrogen and oxygen atoms in total. The molecule has 5 heteroatoms. The minimum Gasteiger partial charge on any atom is -0.388 e. The van der Waals surface area contributed by atoms with Gasteiger partial charge in [0, 0.05) is 19.7 Å². The highest BCUT2D eigenvalue weighted by Crippen LogP contribution is 2.29. The van der Waals surface area contributed by atoms with E-state index in [9.17, 15) is 5.11 Å². The van der Waals surface area contributed by atoms with Crippen molar-refractivity contribution < 1.29 is 9.84 Å². The Balaban J connectivity index is 1.67. The number of guanidine groups is 1. The van der Waals surface area contributed by atoms with Crippen molar-refractivity contribution in [2.75, 3.05) is 26.2 Å². The molecule has 1 aliphatic rings. The van der Waals surface area contributed by atoms with Crippen LogP contribution in [0.5, 0.6) is 0 Å². The van der Waals surface area contributed by atoms with Crippen molar-refractivity contribution in [1.29, 1.82) is 0 Å². The topological polar surface area (TPSA) is 65.9 Å². The van der Waals surface area contributed by atoms with Crippen molar-refractivity contribution in [3.63, 3.8) is 0 Å². The molecule has 140 valence electrons. The van der Waals surface area contributed by atoms with Crippen LogP contribution >= 0.6 is 0 Å². The van der Waals surface area contributed by atoms with Crippen LogP contribution in [0.15, 0.2) is 35.3 Å². The Labute approximate surface area is 151 Å². The van der Waals surface area contributed by atoms with Crippen LogP contribution in [-0.4, -0.2) is 42.9 Å². The highest BCUT2D eigenvalue weighted by molar-refractivity contribution is 5.79. The summed E-state index contributed by atoms with van der Waals surface area (Å²) in [5.41, 5.74) is 0.603. The summed E-state index contributed by atoms with van der Waals surface area (Å²) in [6.07, 6.45) is 4.95. The molecular formula is C20H33N3O2. The van der Waals surface area contributed by atoms with Gasteiger partial charge >= 0.3 is 0 Å². The lowest BCUT2D eigenvalue weighted by molar-refractivity contribution is 0.0573. The smallest absolute Gasteiger partial charge is 0.191 e. The molecule has 1 atom stereocenters. The maximum Gasteiger partial charge on any atom is 0.191 e. The Morgan fingerprint density at radius 2 is 1.96 bits per heavy atom. The zero-order valence-corrected chi connectivity index (χ0v) is 15.6. The number of nitrogens with one attached hydrogen (secondary N) is 2. The average Bonchev–Trinajstić information content (AvgIpc) is 3.07. The third-order valence-corrected chi connectivity index (χ3v) is 4.66. The Bertz CT molecular complexity index is 513. The van der Waals surface area contributed by atoms with E-state index in [1.54, 1.807) is 0 Å². The van der Waals surface area contributed by atoms with Gasteiger partial charge in [-0.1, -0.05) is 43.2 Å². The SMILES string of the molecule is CCNC(=NCC1(O)CCCC1)NCCCOC(C)c1ccccc1. The highest BCUT2D eigenvalue weighted by Gasteiger charge is 2.30. The van der Waals surface area contributed by atoms with Crippen molar-refractivity contribution in [3.05, 3.63) is 35.9 Å². The van der Waals surface area contributed by atoms with Gasteiger partial charge in [-0.2, -0.15) is 0 Å². The molecule has 1 saturated carbocycles. The van der Waals surface area contributed by atoms with E-state index in [1.165, 1.54) is 5.56 Å². The molecule has 0 heterocycles. The third kappa shape index (κ3) is 7.04. The summed E-state index contributed by atoms with van der Waals surface area (Å²) < 4.78 is 5.89. The quantitative estimate of drug-likeness (QED) is 0.365. The van der Waals surface area contributed by atoms with Gasteiger partial charge in [-0.15, -0.1) is 0 Å². The third-order valence-electron chi connectivity index (χ3n) is 4.66. The van der Waals surface area contributed by atoms with Crippen molar-refractivity contribution in [1.82, 2.24) is 10.6 Å². The first-order chi connectivity index (χ1) is 12.1. The fourth-order valence-electron chi connectivity index (χ4n) is 3.12. The van der Waals surface area contributed by atoms with E-state index >= 15 is 0 Å².